The van der Waals surface area contributed by atoms with Crippen molar-refractivity contribution in [2.24, 2.45) is 17.8 Å². The molecule has 0 N–H and O–H groups in total. The van der Waals surface area contributed by atoms with E-state index < -0.39 is 0 Å². The van der Waals surface area contributed by atoms with Gasteiger partial charge >= 0.3 is 5.97 Å². The van der Waals surface area contributed by atoms with Crippen molar-refractivity contribution in [1.29, 1.82) is 0 Å². The van der Waals surface area contributed by atoms with E-state index in [0.717, 1.165) is 12.8 Å². The van der Waals surface area contributed by atoms with Crippen LogP contribution in [0.25, 0.3) is 0 Å². The first kappa shape index (κ1) is 7.77. The van der Waals surface area contributed by atoms with Gasteiger partial charge in [-0.25, -0.2) is 0 Å². The van der Waals surface area contributed by atoms with Crippen LogP contribution in [-0.4, -0.2) is 18.9 Å². The molecular weight excluding hydrogens is 156 g/mol. The van der Waals surface area contributed by atoms with Crippen molar-refractivity contribution < 1.29 is 14.3 Å². The van der Waals surface area contributed by atoms with Crippen molar-refractivity contribution >= 4 is 11.8 Å². The number of methoxy groups -OCH3 is 1. The largest absolute Gasteiger partial charge is 0.469 e. The topological polar surface area (TPSA) is 43.4 Å². The highest BCUT2D eigenvalue weighted by Crippen LogP contribution is 2.53. The molecule has 0 unspecified atom stereocenters. The van der Waals surface area contributed by atoms with Crippen molar-refractivity contribution in [2.75, 3.05) is 7.11 Å². The third kappa shape index (κ3) is 0.958. The van der Waals surface area contributed by atoms with Crippen LogP contribution in [0.3, 0.4) is 0 Å². The van der Waals surface area contributed by atoms with E-state index in [9.17, 15) is 9.59 Å². The third-order valence-corrected chi connectivity index (χ3v) is 2.97. The van der Waals surface area contributed by atoms with Crippen molar-refractivity contribution in [2.45, 2.75) is 19.3 Å². The van der Waals surface area contributed by atoms with Gasteiger partial charge in [0.15, 0.2) is 0 Å². The number of rotatable bonds is 1. The Bertz CT molecular complexity index is 234. The summed E-state index contributed by atoms with van der Waals surface area (Å²) in [5.41, 5.74) is 0. The molecule has 0 aromatic rings. The maximum atomic E-state index is 11.3. The molecular formula is C9H12O3. The Hall–Kier alpha value is -0.860. The predicted molar refractivity (Wildman–Crippen MR) is 41.3 cm³/mol. The van der Waals surface area contributed by atoms with Crippen LogP contribution in [-0.2, 0) is 14.3 Å². The Balaban J connectivity index is 2.05. The quantitative estimate of drug-likeness (QED) is 0.543. The van der Waals surface area contributed by atoms with Gasteiger partial charge in [-0.15, -0.1) is 0 Å². The van der Waals surface area contributed by atoms with Crippen molar-refractivity contribution in [3.63, 3.8) is 0 Å². The number of hydrogen-bond acceptors (Lipinski definition) is 3. The molecule has 0 aliphatic heterocycles. The SMILES string of the molecule is COC(=O)[C@@H]1[C@@H]2CCCC(=O)[C@@H]21. The van der Waals surface area contributed by atoms with E-state index >= 15 is 0 Å². The number of esters is 1. The number of fused-ring (bicyclic) bond motifs is 1. The van der Waals surface area contributed by atoms with Gasteiger partial charge in [0.1, 0.15) is 5.78 Å². The molecule has 2 aliphatic carbocycles. The van der Waals surface area contributed by atoms with Crippen molar-refractivity contribution in [1.82, 2.24) is 0 Å². The van der Waals surface area contributed by atoms with Gasteiger partial charge in [-0.1, -0.05) is 0 Å². The Morgan fingerprint density at radius 3 is 2.92 bits per heavy atom. The van der Waals surface area contributed by atoms with Crippen LogP contribution < -0.4 is 0 Å². The number of carbonyl (C=O) groups excluding carboxylic acids is 2. The minimum absolute atomic E-state index is 0.0196. The second kappa shape index (κ2) is 2.57. The first-order valence-corrected chi connectivity index (χ1v) is 4.36. The summed E-state index contributed by atoms with van der Waals surface area (Å²) in [7, 11) is 1.39. The molecule has 2 aliphatic rings. The molecule has 2 rings (SSSR count). The van der Waals surface area contributed by atoms with E-state index in [1.807, 2.05) is 0 Å². The predicted octanol–water partition coefficient (Wildman–Crippen LogP) is 0.775. The summed E-state index contributed by atoms with van der Waals surface area (Å²) in [5.74, 6) is 0.316. The molecule has 3 nitrogen and oxygen atoms in total. The highest BCUT2D eigenvalue weighted by Gasteiger charge is 2.59. The molecule has 0 radical (unpaired) electrons. The third-order valence-electron chi connectivity index (χ3n) is 2.97. The monoisotopic (exact) mass is 168 g/mol. The molecule has 2 fully saturated rings. The van der Waals surface area contributed by atoms with Gasteiger partial charge in [0.25, 0.3) is 0 Å². The molecule has 12 heavy (non-hydrogen) atoms. The Labute approximate surface area is 71.1 Å². The number of ether oxygens (including phenoxy) is 1. The summed E-state index contributed by atoms with van der Waals surface area (Å²) in [6, 6.07) is 0. The lowest BCUT2D eigenvalue weighted by Gasteiger charge is -2.04. The van der Waals surface area contributed by atoms with Crippen molar-refractivity contribution in [3.05, 3.63) is 0 Å². The lowest BCUT2D eigenvalue weighted by molar-refractivity contribution is -0.143. The average molecular weight is 168 g/mol. The van der Waals surface area contributed by atoms with E-state index in [1.165, 1.54) is 7.11 Å². The molecule has 2 saturated carbocycles. The highest BCUT2D eigenvalue weighted by atomic mass is 16.5. The van der Waals surface area contributed by atoms with E-state index in [1.54, 1.807) is 0 Å². The van der Waals surface area contributed by atoms with Gasteiger partial charge in [0.05, 0.1) is 13.0 Å². The van der Waals surface area contributed by atoms with E-state index in [2.05, 4.69) is 4.74 Å². The van der Waals surface area contributed by atoms with Crippen LogP contribution in [0, 0.1) is 17.8 Å². The molecule has 0 saturated heterocycles. The van der Waals surface area contributed by atoms with Gasteiger partial charge in [0, 0.05) is 12.3 Å². The molecule has 0 bridgehead atoms. The highest BCUT2D eigenvalue weighted by molar-refractivity contribution is 5.93. The number of carbonyl (C=O) groups is 2. The van der Waals surface area contributed by atoms with Crippen LogP contribution in [0.5, 0.6) is 0 Å². The Morgan fingerprint density at radius 2 is 2.33 bits per heavy atom. The summed E-state index contributed by atoms with van der Waals surface area (Å²) >= 11 is 0. The lowest BCUT2D eigenvalue weighted by atomic mass is 10.00. The summed E-state index contributed by atoms with van der Waals surface area (Å²) in [6.07, 6.45) is 2.64. The fourth-order valence-corrected chi connectivity index (χ4v) is 2.31. The molecule has 0 amide bonds. The van der Waals surface area contributed by atoms with Gasteiger partial charge in [-0.05, 0) is 18.8 Å². The van der Waals surface area contributed by atoms with Gasteiger partial charge in [-0.3, -0.25) is 9.59 Å². The minimum atomic E-state index is -0.194. The standard InChI is InChI=1S/C9H12O3/c1-12-9(11)8-5-3-2-4-6(10)7(5)8/h5,7-8H,2-4H2,1H3/t5-,7-,8-/m1/s1. The van der Waals surface area contributed by atoms with Crippen LogP contribution in [0.4, 0.5) is 0 Å². The number of ketones is 1. The molecule has 0 aromatic heterocycles. The lowest BCUT2D eigenvalue weighted by Crippen LogP contribution is -2.09. The maximum absolute atomic E-state index is 11.3. The first-order valence-electron chi connectivity index (χ1n) is 4.36. The summed E-state index contributed by atoms with van der Waals surface area (Å²) in [6.45, 7) is 0. The molecule has 3 atom stereocenters. The molecule has 0 spiro atoms. The summed E-state index contributed by atoms with van der Waals surface area (Å²) < 4.78 is 4.62. The van der Waals surface area contributed by atoms with Crippen LogP contribution in [0.15, 0.2) is 0 Å². The van der Waals surface area contributed by atoms with Gasteiger partial charge in [-0.2, -0.15) is 0 Å². The van der Waals surface area contributed by atoms with Crippen LogP contribution in [0.2, 0.25) is 0 Å². The smallest absolute Gasteiger partial charge is 0.309 e. The molecule has 3 heteroatoms. The Kier molecular flexibility index (Phi) is 1.67. The van der Waals surface area contributed by atoms with E-state index in [-0.39, 0.29) is 23.6 Å². The van der Waals surface area contributed by atoms with E-state index in [0.29, 0.717) is 12.3 Å². The zero-order valence-corrected chi connectivity index (χ0v) is 7.08. The summed E-state index contributed by atoms with van der Waals surface area (Å²) in [5, 5.41) is 0. The fourth-order valence-electron chi connectivity index (χ4n) is 2.31. The van der Waals surface area contributed by atoms with Gasteiger partial charge < -0.3 is 4.74 Å². The number of Topliss-reactive ketones (excluding diaryl/α,β-unsaturated/α-hetero) is 1. The van der Waals surface area contributed by atoms with Gasteiger partial charge in [0.2, 0.25) is 0 Å². The average Bonchev–Trinajstić information content (AvgIpc) is 2.79. The van der Waals surface area contributed by atoms with Crippen molar-refractivity contribution in [3.8, 4) is 0 Å². The van der Waals surface area contributed by atoms with Crippen LogP contribution in [0.1, 0.15) is 19.3 Å². The Morgan fingerprint density at radius 1 is 1.58 bits per heavy atom. The van der Waals surface area contributed by atoms with Crippen LogP contribution >= 0.6 is 0 Å². The summed E-state index contributed by atoms with van der Waals surface area (Å²) in [4.78, 5) is 22.4. The molecule has 0 aromatic carbocycles. The maximum Gasteiger partial charge on any atom is 0.309 e. The number of hydrogen-bond donors (Lipinski definition) is 0. The normalized spacial score (nSPS) is 38.8. The first-order chi connectivity index (χ1) is 5.75. The molecule has 66 valence electrons. The second-order valence-corrected chi connectivity index (χ2v) is 3.60. The zero-order chi connectivity index (χ0) is 8.72. The second-order valence-electron chi connectivity index (χ2n) is 3.60. The molecule has 0 heterocycles. The van der Waals surface area contributed by atoms with E-state index in [4.69, 9.17) is 0 Å². The zero-order valence-electron chi connectivity index (χ0n) is 7.08. The minimum Gasteiger partial charge on any atom is -0.469 e. The fraction of sp³-hybridized carbons (Fsp3) is 0.778.